The number of nitrogens with two attached hydrogens (primary N) is 1. The van der Waals surface area contributed by atoms with Crippen LogP contribution in [0, 0.1) is 5.41 Å². The zero-order valence-corrected chi connectivity index (χ0v) is 13.5. The van der Waals surface area contributed by atoms with Gasteiger partial charge in [-0.25, -0.2) is 0 Å². The van der Waals surface area contributed by atoms with Crippen molar-refractivity contribution >= 4 is 5.91 Å². The highest BCUT2D eigenvalue weighted by Gasteiger charge is 2.30. The van der Waals surface area contributed by atoms with Crippen LogP contribution >= 0.6 is 0 Å². The van der Waals surface area contributed by atoms with Crippen molar-refractivity contribution in [1.82, 2.24) is 4.90 Å². The number of rotatable bonds is 4. The number of carbonyl (C=O) groups excluding carboxylic acids is 1. The molecule has 1 aliphatic carbocycles. The maximum absolute atomic E-state index is 12.4. The van der Waals surface area contributed by atoms with Gasteiger partial charge in [0.15, 0.2) is 0 Å². The summed E-state index contributed by atoms with van der Waals surface area (Å²) in [6.07, 6.45) is 4.99. The van der Waals surface area contributed by atoms with Crippen LogP contribution in [0.3, 0.4) is 0 Å². The van der Waals surface area contributed by atoms with Crippen molar-refractivity contribution in [2.24, 2.45) is 11.1 Å². The van der Waals surface area contributed by atoms with Crippen LogP contribution in [0.4, 0.5) is 0 Å². The maximum atomic E-state index is 12.4. The van der Waals surface area contributed by atoms with E-state index in [9.17, 15) is 4.79 Å². The van der Waals surface area contributed by atoms with E-state index in [1.165, 1.54) is 12.8 Å². The lowest BCUT2D eigenvalue weighted by atomic mass is 9.75. The van der Waals surface area contributed by atoms with Crippen molar-refractivity contribution in [2.45, 2.75) is 58.0 Å². The third-order valence-corrected chi connectivity index (χ3v) is 4.87. The highest BCUT2D eigenvalue weighted by atomic mass is 16.2. The van der Waals surface area contributed by atoms with Crippen LogP contribution in [0.15, 0.2) is 30.3 Å². The van der Waals surface area contributed by atoms with Crippen molar-refractivity contribution in [3.05, 3.63) is 35.9 Å². The zero-order valence-electron chi connectivity index (χ0n) is 13.5. The normalized spacial score (nSPS) is 20.0. The summed E-state index contributed by atoms with van der Waals surface area (Å²) in [5, 5.41) is 0. The van der Waals surface area contributed by atoms with Crippen LogP contribution in [-0.2, 0) is 4.79 Å². The summed E-state index contributed by atoms with van der Waals surface area (Å²) in [6, 6.07) is 10.0. The van der Waals surface area contributed by atoms with E-state index in [1.807, 2.05) is 42.3 Å². The second-order valence-electron chi connectivity index (χ2n) is 7.12. The van der Waals surface area contributed by atoms with Gasteiger partial charge in [0.25, 0.3) is 0 Å². The number of benzene rings is 1. The molecule has 0 aliphatic heterocycles. The second kappa shape index (κ2) is 6.61. The molecule has 0 spiro atoms. The minimum absolute atomic E-state index is 0.163. The average Bonchev–Trinajstić information content (AvgIpc) is 2.47. The molecule has 0 bridgehead atoms. The van der Waals surface area contributed by atoms with E-state index >= 15 is 0 Å². The highest BCUT2D eigenvalue weighted by Crippen LogP contribution is 2.36. The smallest absolute Gasteiger partial charge is 0.224 e. The minimum Gasteiger partial charge on any atom is -0.343 e. The van der Waals surface area contributed by atoms with E-state index in [2.05, 4.69) is 13.8 Å². The van der Waals surface area contributed by atoms with Crippen LogP contribution < -0.4 is 5.73 Å². The van der Waals surface area contributed by atoms with Crippen LogP contribution in [-0.4, -0.2) is 23.9 Å². The Morgan fingerprint density at radius 2 is 1.86 bits per heavy atom. The molecule has 1 aromatic rings. The van der Waals surface area contributed by atoms with Crippen LogP contribution in [0.1, 0.15) is 57.6 Å². The molecule has 1 aromatic carbocycles. The monoisotopic (exact) mass is 288 g/mol. The van der Waals surface area contributed by atoms with Gasteiger partial charge in [-0.2, -0.15) is 0 Å². The quantitative estimate of drug-likeness (QED) is 0.921. The lowest BCUT2D eigenvalue weighted by Crippen LogP contribution is -2.41. The lowest BCUT2D eigenvalue weighted by molar-refractivity contribution is -0.133. The summed E-state index contributed by atoms with van der Waals surface area (Å²) in [6.45, 7) is 4.63. The third-order valence-electron chi connectivity index (χ3n) is 4.87. The molecular formula is C18H28N2O. The molecule has 1 atom stereocenters. The van der Waals surface area contributed by atoms with Gasteiger partial charge in [0, 0.05) is 25.6 Å². The number of hydrogen-bond donors (Lipinski definition) is 1. The van der Waals surface area contributed by atoms with Gasteiger partial charge in [-0.1, -0.05) is 44.2 Å². The van der Waals surface area contributed by atoms with Gasteiger partial charge in [0.05, 0.1) is 0 Å². The first kappa shape index (κ1) is 16.0. The van der Waals surface area contributed by atoms with E-state index < -0.39 is 0 Å². The second-order valence-corrected chi connectivity index (χ2v) is 7.12. The lowest BCUT2D eigenvalue weighted by Gasteiger charge is -2.38. The molecule has 0 saturated heterocycles. The van der Waals surface area contributed by atoms with Gasteiger partial charge >= 0.3 is 0 Å². The van der Waals surface area contributed by atoms with Crippen molar-refractivity contribution in [1.29, 1.82) is 0 Å². The van der Waals surface area contributed by atoms with Gasteiger partial charge in [-0.15, -0.1) is 0 Å². The summed E-state index contributed by atoms with van der Waals surface area (Å²) in [7, 11) is 1.93. The molecule has 1 amide bonds. The Kier molecular flexibility index (Phi) is 5.04. The van der Waals surface area contributed by atoms with Crippen LogP contribution in [0.25, 0.3) is 0 Å². The first-order valence-corrected chi connectivity index (χ1v) is 7.95. The van der Waals surface area contributed by atoms with Crippen LogP contribution in [0.5, 0.6) is 0 Å². The Bertz CT molecular complexity index is 459. The van der Waals surface area contributed by atoms with Gasteiger partial charge in [-0.05, 0) is 36.7 Å². The minimum atomic E-state index is -0.207. The fraction of sp³-hybridized carbons (Fsp3) is 0.611. The fourth-order valence-electron chi connectivity index (χ4n) is 3.13. The molecule has 3 heteroatoms. The molecular weight excluding hydrogens is 260 g/mol. The van der Waals surface area contributed by atoms with E-state index in [-0.39, 0.29) is 11.9 Å². The zero-order chi connectivity index (χ0) is 15.5. The maximum Gasteiger partial charge on any atom is 0.224 e. The Morgan fingerprint density at radius 1 is 1.29 bits per heavy atom. The predicted octanol–water partition coefficient (Wildman–Crippen LogP) is 3.50. The molecule has 3 nitrogen and oxygen atoms in total. The molecule has 0 heterocycles. The fourth-order valence-corrected chi connectivity index (χ4v) is 3.13. The standard InChI is InChI=1S/C18H28N2O/c1-18(2)11-9-15(10-12-18)20(3)17(21)13-16(19)14-7-5-4-6-8-14/h4-8,15-16H,9-13,19H2,1-3H3. The number of nitrogens with zero attached hydrogens (tertiary/aromatic N) is 1. The average molecular weight is 288 g/mol. The van der Waals surface area contributed by atoms with Gasteiger partial charge < -0.3 is 10.6 Å². The van der Waals surface area contributed by atoms with Crippen molar-refractivity contribution in [3.8, 4) is 0 Å². The molecule has 1 unspecified atom stereocenters. The molecule has 1 aliphatic rings. The largest absolute Gasteiger partial charge is 0.343 e. The highest BCUT2D eigenvalue weighted by molar-refractivity contribution is 5.77. The van der Waals surface area contributed by atoms with Gasteiger partial charge in [0.1, 0.15) is 0 Å². The summed E-state index contributed by atoms with van der Waals surface area (Å²) >= 11 is 0. The van der Waals surface area contributed by atoms with E-state index in [1.54, 1.807) is 0 Å². The molecule has 1 saturated carbocycles. The van der Waals surface area contributed by atoms with E-state index in [0.29, 0.717) is 17.9 Å². The van der Waals surface area contributed by atoms with E-state index in [4.69, 9.17) is 5.73 Å². The molecule has 0 aromatic heterocycles. The Labute approximate surface area is 128 Å². The van der Waals surface area contributed by atoms with Crippen molar-refractivity contribution < 1.29 is 4.79 Å². The van der Waals surface area contributed by atoms with Crippen LogP contribution in [0.2, 0.25) is 0 Å². The number of hydrogen-bond acceptors (Lipinski definition) is 2. The molecule has 2 rings (SSSR count). The topological polar surface area (TPSA) is 46.3 Å². The van der Waals surface area contributed by atoms with Gasteiger partial charge in [-0.3, -0.25) is 4.79 Å². The third kappa shape index (κ3) is 4.31. The van der Waals surface area contributed by atoms with Gasteiger partial charge in [0.2, 0.25) is 5.91 Å². The first-order chi connectivity index (χ1) is 9.89. The Morgan fingerprint density at radius 3 is 2.43 bits per heavy atom. The predicted molar refractivity (Wildman–Crippen MR) is 86.8 cm³/mol. The molecule has 2 N–H and O–H groups in total. The molecule has 21 heavy (non-hydrogen) atoms. The summed E-state index contributed by atoms with van der Waals surface area (Å²) in [4.78, 5) is 14.4. The number of carbonyl (C=O) groups is 1. The molecule has 1 fully saturated rings. The number of amides is 1. The Balaban J connectivity index is 1.88. The van der Waals surface area contributed by atoms with E-state index in [0.717, 1.165) is 18.4 Å². The summed E-state index contributed by atoms with van der Waals surface area (Å²) < 4.78 is 0. The SMILES string of the molecule is CN(C(=O)CC(N)c1ccccc1)C1CCC(C)(C)CC1. The Hall–Kier alpha value is -1.35. The first-order valence-electron chi connectivity index (χ1n) is 7.95. The van der Waals surface area contributed by atoms with Crippen molar-refractivity contribution in [2.75, 3.05) is 7.05 Å². The summed E-state index contributed by atoms with van der Waals surface area (Å²) in [5.41, 5.74) is 7.62. The summed E-state index contributed by atoms with van der Waals surface area (Å²) in [5.74, 6) is 0.163. The molecule has 0 radical (unpaired) electrons. The molecule has 116 valence electrons. The van der Waals surface area contributed by atoms with Crippen molar-refractivity contribution in [3.63, 3.8) is 0 Å².